The Balaban J connectivity index is 2.00. The molecule has 3 rings (SSSR count). The van der Waals surface area contributed by atoms with Gasteiger partial charge in [-0.3, -0.25) is 9.59 Å². The summed E-state index contributed by atoms with van der Waals surface area (Å²) in [6, 6.07) is 9.25. The van der Waals surface area contributed by atoms with Crippen LogP contribution in [0.3, 0.4) is 0 Å². The first-order valence-electron chi connectivity index (χ1n) is 9.24. The molecule has 152 valence electrons. The number of aliphatic hydroxyl groups is 1. The average Bonchev–Trinajstić information content (AvgIpc) is 3.32. The van der Waals surface area contributed by atoms with Crippen molar-refractivity contribution in [3.05, 3.63) is 72.2 Å². The third kappa shape index (κ3) is 4.25. The maximum absolute atomic E-state index is 12.8. The number of carbonyl (C=O) groups excluding carboxylic acids is 2. The van der Waals surface area contributed by atoms with E-state index < -0.39 is 17.7 Å². The molecule has 1 aromatic carbocycles. The zero-order chi connectivity index (χ0) is 21.0. The Labute approximate surface area is 169 Å². The van der Waals surface area contributed by atoms with Crippen molar-refractivity contribution in [3.63, 3.8) is 0 Å². The van der Waals surface area contributed by atoms with Crippen LogP contribution in [0, 0.1) is 0 Å². The molecule has 0 saturated carbocycles. The SMILES string of the molecule is C=CCOc1ccc(C(O)=C2C(=O)C(=O)N(CCN(C)C)[C@@H]2c2ccco2)cc1. The Hall–Kier alpha value is -3.32. The van der Waals surface area contributed by atoms with E-state index >= 15 is 0 Å². The highest BCUT2D eigenvalue weighted by atomic mass is 16.5. The Bertz CT molecular complexity index is 913. The van der Waals surface area contributed by atoms with Crippen LogP contribution in [-0.4, -0.2) is 60.4 Å². The normalized spacial score (nSPS) is 18.4. The third-order valence-electron chi connectivity index (χ3n) is 4.64. The predicted molar refractivity (Wildman–Crippen MR) is 108 cm³/mol. The van der Waals surface area contributed by atoms with Gasteiger partial charge in [0, 0.05) is 18.7 Å². The van der Waals surface area contributed by atoms with Crippen molar-refractivity contribution < 1.29 is 23.8 Å². The number of rotatable bonds is 8. The third-order valence-corrected chi connectivity index (χ3v) is 4.64. The minimum Gasteiger partial charge on any atom is -0.507 e. The van der Waals surface area contributed by atoms with Crippen LogP contribution in [0.5, 0.6) is 5.75 Å². The minimum absolute atomic E-state index is 0.0171. The van der Waals surface area contributed by atoms with Crippen LogP contribution in [0.25, 0.3) is 5.76 Å². The van der Waals surface area contributed by atoms with Gasteiger partial charge in [0.05, 0.1) is 11.8 Å². The Morgan fingerprint density at radius 1 is 1.28 bits per heavy atom. The second kappa shape index (κ2) is 8.79. The van der Waals surface area contributed by atoms with Crippen molar-refractivity contribution >= 4 is 17.4 Å². The van der Waals surface area contributed by atoms with E-state index in [1.165, 1.54) is 11.2 Å². The molecule has 0 bridgehead atoms. The summed E-state index contributed by atoms with van der Waals surface area (Å²) in [6.45, 7) is 4.85. The van der Waals surface area contributed by atoms with Crippen molar-refractivity contribution in [1.82, 2.24) is 9.80 Å². The highest BCUT2D eigenvalue weighted by molar-refractivity contribution is 6.46. The van der Waals surface area contributed by atoms with Crippen molar-refractivity contribution in [2.45, 2.75) is 6.04 Å². The number of benzene rings is 1. The van der Waals surface area contributed by atoms with Gasteiger partial charge in [-0.1, -0.05) is 12.7 Å². The summed E-state index contributed by atoms with van der Waals surface area (Å²) in [4.78, 5) is 28.8. The summed E-state index contributed by atoms with van der Waals surface area (Å²) in [7, 11) is 3.77. The van der Waals surface area contributed by atoms with Crippen LogP contribution in [0.1, 0.15) is 17.4 Å². The quantitative estimate of drug-likeness (QED) is 0.320. The molecule has 1 aliphatic rings. The van der Waals surface area contributed by atoms with Gasteiger partial charge in [0.1, 0.15) is 29.9 Å². The maximum atomic E-state index is 12.8. The standard InChI is InChI=1S/C22H24N2O5/c1-4-13-28-16-9-7-15(8-10-16)20(25)18-19(17-6-5-14-29-17)24(12-11-23(2)3)22(27)21(18)26/h4-10,14,19,25H,1,11-13H2,2-3H3/t19-/m1/s1. The molecular weight excluding hydrogens is 372 g/mol. The summed E-state index contributed by atoms with van der Waals surface area (Å²) >= 11 is 0. The number of ether oxygens (including phenoxy) is 1. The van der Waals surface area contributed by atoms with Gasteiger partial charge >= 0.3 is 0 Å². The molecule has 0 aliphatic carbocycles. The molecule has 29 heavy (non-hydrogen) atoms. The van der Waals surface area contributed by atoms with Crippen LogP contribution in [0.4, 0.5) is 0 Å². The van der Waals surface area contributed by atoms with Crippen molar-refractivity contribution in [3.8, 4) is 5.75 Å². The lowest BCUT2D eigenvalue weighted by molar-refractivity contribution is -0.140. The smallest absolute Gasteiger partial charge is 0.295 e. The summed E-state index contributed by atoms with van der Waals surface area (Å²) in [5.41, 5.74) is 0.432. The first-order valence-corrected chi connectivity index (χ1v) is 9.24. The monoisotopic (exact) mass is 396 g/mol. The summed E-state index contributed by atoms with van der Waals surface area (Å²) in [6.07, 6.45) is 3.11. The number of Topliss-reactive ketones (excluding diaryl/α,β-unsaturated/α-hetero) is 1. The van der Waals surface area contributed by atoms with Crippen molar-refractivity contribution in [2.75, 3.05) is 33.8 Å². The number of ketones is 1. The molecule has 0 radical (unpaired) electrons. The van der Waals surface area contributed by atoms with E-state index in [1.807, 2.05) is 19.0 Å². The van der Waals surface area contributed by atoms with Gasteiger partial charge < -0.3 is 24.1 Å². The van der Waals surface area contributed by atoms with E-state index in [0.717, 1.165) is 0 Å². The van der Waals surface area contributed by atoms with Crippen LogP contribution in [0.2, 0.25) is 0 Å². The van der Waals surface area contributed by atoms with Gasteiger partial charge in [-0.05, 0) is 50.5 Å². The fourth-order valence-corrected chi connectivity index (χ4v) is 3.18. The van der Waals surface area contributed by atoms with Gasteiger partial charge in [0.15, 0.2) is 0 Å². The van der Waals surface area contributed by atoms with Crippen LogP contribution in [0.15, 0.2) is 65.3 Å². The second-order valence-electron chi connectivity index (χ2n) is 6.94. The van der Waals surface area contributed by atoms with Crippen molar-refractivity contribution in [1.29, 1.82) is 0 Å². The number of furan rings is 1. The van der Waals surface area contributed by atoms with E-state index in [1.54, 1.807) is 42.5 Å². The number of hydrogen-bond acceptors (Lipinski definition) is 6. The topological polar surface area (TPSA) is 83.2 Å². The van der Waals surface area contributed by atoms with Gasteiger partial charge in [0.25, 0.3) is 11.7 Å². The zero-order valence-corrected chi connectivity index (χ0v) is 16.5. The molecule has 1 atom stereocenters. The molecule has 2 heterocycles. The fraction of sp³-hybridized carbons (Fsp3) is 0.273. The lowest BCUT2D eigenvalue weighted by Gasteiger charge is -2.24. The molecule has 1 N–H and O–H groups in total. The van der Waals surface area contributed by atoms with Gasteiger partial charge in [-0.25, -0.2) is 0 Å². The first kappa shape index (κ1) is 20.4. The number of aliphatic hydroxyl groups excluding tert-OH is 1. The summed E-state index contributed by atoms with van der Waals surface area (Å²) in [5.74, 6) is -0.589. The van der Waals surface area contributed by atoms with Gasteiger partial charge in [-0.2, -0.15) is 0 Å². The molecule has 1 saturated heterocycles. The fourth-order valence-electron chi connectivity index (χ4n) is 3.18. The number of likely N-dealkylation sites (tertiary alicyclic amines) is 1. The summed E-state index contributed by atoms with van der Waals surface area (Å²) < 4.78 is 10.9. The summed E-state index contributed by atoms with van der Waals surface area (Å²) in [5, 5.41) is 10.9. The molecule has 1 amide bonds. The van der Waals surface area contributed by atoms with E-state index in [-0.39, 0.29) is 11.3 Å². The molecule has 7 heteroatoms. The van der Waals surface area contributed by atoms with E-state index in [9.17, 15) is 14.7 Å². The highest BCUT2D eigenvalue weighted by Crippen LogP contribution is 2.39. The lowest BCUT2D eigenvalue weighted by atomic mass is 9.99. The average molecular weight is 396 g/mol. The second-order valence-corrected chi connectivity index (χ2v) is 6.94. The highest BCUT2D eigenvalue weighted by Gasteiger charge is 2.47. The number of carbonyl (C=O) groups is 2. The van der Waals surface area contributed by atoms with Gasteiger partial charge in [0.2, 0.25) is 0 Å². The minimum atomic E-state index is -0.776. The zero-order valence-electron chi connectivity index (χ0n) is 16.5. The Kier molecular flexibility index (Phi) is 6.19. The van der Waals surface area contributed by atoms with E-state index in [2.05, 4.69) is 6.58 Å². The number of amides is 1. The lowest BCUT2D eigenvalue weighted by Crippen LogP contribution is -2.35. The number of likely N-dealkylation sites (N-methyl/N-ethyl adjacent to an activating group) is 1. The van der Waals surface area contributed by atoms with Gasteiger partial charge in [-0.15, -0.1) is 0 Å². The molecule has 7 nitrogen and oxygen atoms in total. The molecular formula is C22H24N2O5. The maximum Gasteiger partial charge on any atom is 0.295 e. The van der Waals surface area contributed by atoms with Crippen LogP contribution in [-0.2, 0) is 9.59 Å². The van der Waals surface area contributed by atoms with Crippen LogP contribution >= 0.6 is 0 Å². The molecule has 1 aromatic heterocycles. The Morgan fingerprint density at radius 3 is 2.59 bits per heavy atom. The van der Waals surface area contributed by atoms with Crippen molar-refractivity contribution in [2.24, 2.45) is 0 Å². The van der Waals surface area contributed by atoms with E-state index in [4.69, 9.17) is 9.15 Å². The number of nitrogens with zero attached hydrogens (tertiary/aromatic N) is 2. The molecule has 0 spiro atoms. The number of hydrogen-bond donors (Lipinski definition) is 1. The van der Waals surface area contributed by atoms with E-state index in [0.29, 0.717) is 36.8 Å². The molecule has 1 fully saturated rings. The van der Waals surface area contributed by atoms with Crippen LogP contribution < -0.4 is 4.74 Å². The Morgan fingerprint density at radius 2 is 2.00 bits per heavy atom. The molecule has 1 aliphatic heterocycles. The largest absolute Gasteiger partial charge is 0.507 e. The predicted octanol–water partition coefficient (Wildman–Crippen LogP) is 2.83. The molecule has 2 aromatic rings. The molecule has 0 unspecified atom stereocenters. The first-order chi connectivity index (χ1) is 13.9.